The van der Waals surface area contributed by atoms with Crippen molar-refractivity contribution >= 4 is 33.8 Å². The van der Waals surface area contributed by atoms with E-state index in [1.165, 1.54) is 44.5 Å². The van der Waals surface area contributed by atoms with Gasteiger partial charge in [-0.1, -0.05) is 30.4 Å². The maximum absolute atomic E-state index is 13.7. The van der Waals surface area contributed by atoms with Crippen LogP contribution in [0.4, 0.5) is 5.69 Å². The lowest BCUT2D eigenvalue weighted by Crippen LogP contribution is -2.59. The molecule has 0 bridgehead atoms. The zero-order valence-electron chi connectivity index (χ0n) is 18.5. The van der Waals surface area contributed by atoms with Crippen molar-refractivity contribution in [3.8, 4) is 5.75 Å². The number of hydrogen-bond donors (Lipinski definition) is 2. The molecule has 0 spiro atoms. The minimum Gasteiger partial charge on any atom is -0.497 e. The van der Waals surface area contributed by atoms with Gasteiger partial charge in [0, 0.05) is 19.4 Å². The Labute approximate surface area is 193 Å². The summed E-state index contributed by atoms with van der Waals surface area (Å²) in [6.45, 7) is 1.14. The van der Waals surface area contributed by atoms with Gasteiger partial charge < -0.3 is 15.2 Å². The first-order chi connectivity index (χ1) is 15.7. The summed E-state index contributed by atoms with van der Waals surface area (Å²) in [5.74, 6) is -0.410. The average Bonchev–Trinajstić information content (AvgIpc) is 2.83. The van der Waals surface area contributed by atoms with E-state index >= 15 is 0 Å². The fraction of sp³-hybridized carbons (Fsp3) is 0.167. The number of anilines is 1. The fourth-order valence-corrected chi connectivity index (χ4v) is 4.92. The van der Waals surface area contributed by atoms with Gasteiger partial charge in [0.15, 0.2) is 0 Å². The number of hydrogen-bond acceptors (Lipinski definition) is 6. The summed E-state index contributed by atoms with van der Waals surface area (Å²) in [7, 11) is -1.58. The van der Waals surface area contributed by atoms with Crippen LogP contribution in [0.5, 0.6) is 5.75 Å². The highest BCUT2D eigenvalue weighted by Crippen LogP contribution is 2.34. The zero-order valence-corrected chi connectivity index (χ0v) is 19.3. The number of carbonyl (C=O) groups is 1. The predicted molar refractivity (Wildman–Crippen MR) is 127 cm³/mol. The Kier molecular flexibility index (Phi) is 7.15. The Morgan fingerprint density at radius 2 is 1.70 bits per heavy atom. The molecule has 1 unspecified atom stereocenters. The topological polar surface area (TPSA) is 109 Å². The van der Waals surface area contributed by atoms with Crippen molar-refractivity contribution < 1.29 is 23.1 Å². The molecule has 8 nitrogen and oxygen atoms in total. The molecule has 0 radical (unpaired) electrons. The highest BCUT2D eigenvalue weighted by Gasteiger charge is 2.45. The summed E-state index contributed by atoms with van der Waals surface area (Å²) in [4.78, 5) is 16.5. The van der Waals surface area contributed by atoms with Crippen LogP contribution >= 0.6 is 0 Å². The van der Waals surface area contributed by atoms with E-state index in [4.69, 9.17) is 4.74 Å². The van der Waals surface area contributed by atoms with E-state index in [2.05, 4.69) is 10.3 Å². The van der Waals surface area contributed by atoms with Crippen LogP contribution in [0.25, 0.3) is 12.2 Å². The molecule has 2 N–H and O–H groups in total. The Morgan fingerprint density at radius 3 is 2.30 bits per heavy atom. The van der Waals surface area contributed by atoms with E-state index in [1.807, 2.05) is 0 Å². The number of nitrogens with zero attached hydrogens (tertiary/aromatic N) is 2. The molecule has 172 valence electrons. The highest BCUT2D eigenvalue weighted by atomic mass is 32.2. The number of ether oxygens (including phenoxy) is 1. The molecule has 3 rings (SSSR count). The van der Waals surface area contributed by atoms with Crippen molar-refractivity contribution in [1.29, 1.82) is 0 Å². The second kappa shape index (κ2) is 9.85. The molecular formula is C24H25N3O5S. The van der Waals surface area contributed by atoms with E-state index in [-0.39, 0.29) is 10.6 Å². The second-order valence-electron chi connectivity index (χ2n) is 7.22. The van der Waals surface area contributed by atoms with E-state index in [0.29, 0.717) is 11.3 Å². The smallest absolute Gasteiger partial charge is 0.273 e. The molecule has 0 aliphatic carbocycles. The SMILES string of the molecule is CNC(=O)C(C)(O)N(c1ccccc1/C=C/c1ccncc1)S(=O)(=O)c1ccc(OC)cc1. The minimum atomic E-state index is -4.37. The van der Waals surface area contributed by atoms with Crippen LogP contribution in [-0.4, -0.2) is 44.3 Å². The number of methoxy groups -OCH3 is 1. The Morgan fingerprint density at radius 1 is 1.06 bits per heavy atom. The lowest BCUT2D eigenvalue weighted by atomic mass is 10.1. The van der Waals surface area contributed by atoms with Gasteiger partial charge in [0.05, 0.1) is 17.7 Å². The summed E-state index contributed by atoms with van der Waals surface area (Å²) in [6, 6.07) is 15.9. The van der Waals surface area contributed by atoms with Gasteiger partial charge in [-0.05, 0) is 60.5 Å². The number of likely N-dealkylation sites (N-methyl/N-ethyl adjacent to an activating group) is 1. The van der Waals surface area contributed by atoms with Gasteiger partial charge in [0.2, 0.25) is 5.72 Å². The van der Waals surface area contributed by atoms with Gasteiger partial charge in [-0.25, -0.2) is 12.7 Å². The Bertz CT molecular complexity index is 1240. The maximum atomic E-state index is 13.7. The van der Waals surface area contributed by atoms with Gasteiger partial charge in [0.1, 0.15) is 5.75 Å². The van der Waals surface area contributed by atoms with Crippen LogP contribution < -0.4 is 14.4 Å². The van der Waals surface area contributed by atoms with Crippen LogP contribution in [0.3, 0.4) is 0 Å². The molecule has 33 heavy (non-hydrogen) atoms. The van der Waals surface area contributed by atoms with Gasteiger partial charge >= 0.3 is 0 Å². The average molecular weight is 468 g/mol. The molecule has 2 aromatic carbocycles. The van der Waals surface area contributed by atoms with E-state index < -0.39 is 21.7 Å². The third kappa shape index (κ3) is 5.05. The zero-order chi connectivity index (χ0) is 24.1. The van der Waals surface area contributed by atoms with Crippen LogP contribution in [0.1, 0.15) is 18.1 Å². The number of carbonyl (C=O) groups excluding carboxylic acids is 1. The molecule has 9 heteroatoms. The summed E-state index contributed by atoms with van der Waals surface area (Å²) in [6.07, 6.45) is 6.78. The molecule has 0 fully saturated rings. The maximum Gasteiger partial charge on any atom is 0.273 e. The summed E-state index contributed by atoms with van der Waals surface area (Å²) in [5.41, 5.74) is -0.959. The van der Waals surface area contributed by atoms with Crippen molar-refractivity contribution in [3.05, 3.63) is 84.2 Å². The minimum absolute atomic E-state index is 0.111. The van der Waals surface area contributed by atoms with Gasteiger partial charge in [-0.3, -0.25) is 9.78 Å². The first-order valence-electron chi connectivity index (χ1n) is 10.0. The molecule has 0 saturated carbocycles. The van der Waals surface area contributed by atoms with Gasteiger partial charge in [0.25, 0.3) is 15.9 Å². The molecule has 1 atom stereocenters. The second-order valence-corrected chi connectivity index (χ2v) is 9.00. The van der Waals surface area contributed by atoms with Crippen molar-refractivity contribution in [2.24, 2.45) is 0 Å². The van der Waals surface area contributed by atoms with Crippen molar-refractivity contribution in [3.63, 3.8) is 0 Å². The number of rotatable bonds is 8. The number of aromatic nitrogens is 1. The number of amides is 1. The van der Waals surface area contributed by atoms with Crippen LogP contribution in [-0.2, 0) is 14.8 Å². The summed E-state index contributed by atoms with van der Waals surface area (Å²) < 4.78 is 33.3. The monoisotopic (exact) mass is 467 g/mol. The first-order valence-corrected chi connectivity index (χ1v) is 11.5. The highest BCUT2D eigenvalue weighted by molar-refractivity contribution is 7.93. The third-order valence-corrected chi connectivity index (χ3v) is 6.87. The molecular weight excluding hydrogens is 442 g/mol. The lowest BCUT2D eigenvalue weighted by molar-refractivity contribution is -0.136. The number of sulfonamides is 1. The number of para-hydroxylation sites is 1. The van der Waals surface area contributed by atoms with Gasteiger partial charge in [-0.2, -0.15) is 0 Å². The van der Waals surface area contributed by atoms with Gasteiger partial charge in [-0.15, -0.1) is 0 Å². The third-order valence-electron chi connectivity index (χ3n) is 4.97. The van der Waals surface area contributed by atoms with E-state index in [9.17, 15) is 18.3 Å². The Hall–Kier alpha value is -3.69. The standard InChI is InChI=1S/C24H25N3O5S/c1-24(29,23(28)25-2)27(33(30,31)21-12-10-20(32-3)11-13-21)22-7-5-4-6-19(22)9-8-18-14-16-26-17-15-18/h4-17,29H,1-3H3,(H,25,28)/b9-8+. The molecule has 0 saturated heterocycles. The largest absolute Gasteiger partial charge is 0.497 e. The van der Waals surface area contributed by atoms with Crippen LogP contribution in [0.2, 0.25) is 0 Å². The van der Waals surface area contributed by atoms with Crippen molar-refractivity contribution in [2.45, 2.75) is 17.5 Å². The number of pyridine rings is 1. The lowest BCUT2D eigenvalue weighted by Gasteiger charge is -2.36. The summed E-state index contributed by atoms with van der Waals surface area (Å²) in [5, 5.41) is 13.5. The van der Waals surface area contributed by atoms with Crippen molar-refractivity contribution in [2.75, 3.05) is 18.5 Å². The summed E-state index contributed by atoms with van der Waals surface area (Å²) >= 11 is 0. The number of nitrogens with one attached hydrogen (secondary N) is 1. The fourth-order valence-electron chi connectivity index (χ4n) is 3.25. The molecule has 0 aliphatic heterocycles. The normalized spacial score (nSPS) is 13.3. The number of benzene rings is 2. The van der Waals surface area contributed by atoms with E-state index in [0.717, 1.165) is 16.8 Å². The first kappa shape index (κ1) is 24.0. The number of aliphatic hydroxyl groups is 1. The quantitative estimate of drug-likeness (QED) is 0.493. The molecule has 0 aliphatic rings. The predicted octanol–water partition coefficient (Wildman–Crippen LogP) is 2.91. The van der Waals surface area contributed by atoms with Crippen molar-refractivity contribution in [1.82, 2.24) is 10.3 Å². The molecule has 1 heterocycles. The molecule has 3 aromatic rings. The Balaban J connectivity index is 2.19. The molecule has 1 aromatic heterocycles. The van der Waals surface area contributed by atoms with Crippen LogP contribution in [0, 0.1) is 0 Å². The van der Waals surface area contributed by atoms with E-state index in [1.54, 1.807) is 54.9 Å². The molecule has 1 amide bonds. The van der Waals surface area contributed by atoms with Crippen LogP contribution in [0.15, 0.2) is 78.0 Å².